The van der Waals surface area contributed by atoms with Gasteiger partial charge in [-0.05, 0) is 42.0 Å². The Bertz CT molecular complexity index is 818. The fraction of sp³-hybridized carbons (Fsp3) is 0.200. The topological polar surface area (TPSA) is 99.1 Å². The molecule has 0 aliphatic heterocycles. The van der Waals surface area contributed by atoms with E-state index in [0.29, 0.717) is 11.4 Å². The first-order valence-corrected chi connectivity index (χ1v) is 8.28. The summed E-state index contributed by atoms with van der Waals surface area (Å²) < 4.78 is 5.11. The quantitative estimate of drug-likeness (QED) is 0.488. The molecule has 0 fully saturated rings. The third kappa shape index (κ3) is 5.32. The summed E-state index contributed by atoms with van der Waals surface area (Å²) in [6, 6.07) is 11.4. The Hall–Kier alpha value is -3.32. The van der Waals surface area contributed by atoms with Gasteiger partial charge in [-0.2, -0.15) is 0 Å². The number of phenols is 1. The van der Waals surface area contributed by atoms with E-state index in [2.05, 4.69) is 11.9 Å². The number of aromatic hydroxyl groups is 1. The monoisotopic (exact) mass is 370 g/mol. The molecule has 0 unspecified atom stereocenters. The van der Waals surface area contributed by atoms with Crippen molar-refractivity contribution in [1.29, 1.82) is 0 Å². The average Bonchev–Trinajstić information content (AvgIpc) is 2.69. The van der Waals surface area contributed by atoms with Gasteiger partial charge >= 0.3 is 0 Å². The van der Waals surface area contributed by atoms with Gasteiger partial charge in [-0.25, -0.2) is 0 Å². The second-order valence-corrected chi connectivity index (χ2v) is 5.72. The summed E-state index contributed by atoms with van der Waals surface area (Å²) in [7, 11) is 1.57. The SMILES string of the molecule is C=CC(=O)Nc1ccc(O)c(C(=O)N(CCO)Cc2ccc(OC)cc2)c1. The Morgan fingerprint density at radius 1 is 1.22 bits per heavy atom. The number of phenolic OH excluding ortho intramolecular Hbond substituents is 1. The van der Waals surface area contributed by atoms with E-state index in [1.54, 1.807) is 19.2 Å². The number of carbonyl (C=O) groups excluding carboxylic acids is 2. The molecule has 2 aromatic rings. The highest BCUT2D eigenvalue weighted by atomic mass is 16.5. The van der Waals surface area contributed by atoms with Gasteiger partial charge in [0.15, 0.2) is 0 Å². The number of benzene rings is 2. The van der Waals surface area contributed by atoms with Gasteiger partial charge in [0, 0.05) is 18.8 Å². The number of nitrogens with one attached hydrogen (secondary N) is 1. The smallest absolute Gasteiger partial charge is 0.258 e. The number of rotatable bonds is 8. The number of aliphatic hydroxyl groups is 1. The summed E-state index contributed by atoms with van der Waals surface area (Å²) in [6.45, 7) is 3.48. The Balaban J connectivity index is 2.25. The molecule has 0 aliphatic carbocycles. The van der Waals surface area contributed by atoms with Crippen LogP contribution in [0.2, 0.25) is 0 Å². The minimum absolute atomic E-state index is 0.0267. The van der Waals surface area contributed by atoms with Gasteiger partial charge in [-0.1, -0.05) is 18.7 Å². The van der Waals surface area contributed by atoms with Gasteiger partial charge in [-0.15, -0.1) is 0 Å². The molecule has 0 bridgehead atoms. The number of hydrogen-bond acceptors (Lipinski definition) is 5. The first kappa shape index (κ1) is 20.0. The number of methoxy groups -OCH3 is 1. The second kappa shape index (κ2) is 9.40. The van der Waals surface area contributed by atoms with Crippen molar-refractivity contribution in [2.45, 2.75) is 6.54 Å². The van der Waals surface area contributed by atoms with Crippen LogP contribution in [0.15, 0.2) is 55.1 Å². The molecule has 2 amide bonds. The molecule has 7 heteroatoms. The van der Waals surface area contributed by atoms with Crippen LogP contribution >= 0.6 is 0 Å². The van der Waals surface area contributed by atoms with Gasteiger partial charge in [-0.3, -0.25) is 9.59 Å². The second-order valence-electron chi connectivity index (χ2n) is 5.72. The fourth-order valence-corrected chi connectivity index (χ4v) is 2.47. The van der Waals surface area contributed by atoms with Gasteiger partial charge in [0.2, 0.25) is 5.91 Å². The minimum Gasteiger partial charge on any atom is -0.507 e. The molecule has 7 nitrogen and oxygen atoms in total. The summed E-state index contributed by atoms with van der Waals surface area (Å²) in [5.74, 6) is -0.409. The normalized spacial score (nSPS) is 10.1. The Morgan fingerprint density at radius 3 is 2.52 bits per heavy atom. The van der Waals surface area contributed by atoms with Gasteiger partial charge < -0.3 is 25.2 Å². The van der Waals surface area contributed by atoms with Crippen LogP contribution in [0.25, 0.3) is 0 Å². The largest absolute Gasteiger partial charge is 0.507 e. The number of aliphatic hydroxyl groups excluding tert-OH is 1. The number of anilines is 1. The fourth-order valence-electron chi connectivity index (χ4n) is 2.47. The van der Waals surface area contributed by atoms with Gasteiger partial charge in [0.05, 0.1) is 19.3 Å². The third-order valence-electron chi connectivity index (χ3n) is 3.87. The molecule has 0 heterocycles. The van der Waals surface area contributed by atoms with Crippen LogP contribution in [0.3, 0.4) is 0 Å². The predicted octanol–water partition coefficient (Wildman–Crippen LogP) is 2.16. The molecule has 2 rings (SSSR count). The van der Waals surface area contributed by atoms with E-state index in [0.717, 1.165) is 11.6 Å². The highest BCUT2D eigenvalue weighted by Crippen LogP contribution is 2.24. The maximum atomic E-state index is 12.9. The predicted molar refractivity (Wildman–Crippen MR) is 102 cm³/mol. The van der Waals surface area contributed by atoms with E-state index in [4.69, 9.17) is 4.74 Å². The van der Waals surface area contributed by atoms with Crippen LogP contribution in [-0.4, -0.2) is 47.2 Å². The maximum Gasteiger partial charge on any atom is 0.258 e. The first-order chi connectivity index (χ1) is 13.0. The molecular weight excluding hydrogens is 348 g/mol. The molecule has 0 radical (unpaired) electrons. The van der Waals surface area contributed by atoms with E-state index >= 15 is 0 Å². The molecule has 0 saturated carbocycles. The van der Waals surface area contributed by atoms with Crippen molar-refractivity contribution < 1.29 is 24.5 Å². The Kier molecular flexibility index (Phi) is 6.96. The Labute approximate surface area is 157 Å². The highest BCUT2D eigenvalue weighted by molar-refractivity contribution is 6.02. The van der Waals surface area contributed by atoms with Gasteiger partial charge in [0.25, 0.3) is 5.91 Å². The first-order valence-electron chi connectivity index (χ1n) is 8.28. The minimum atomic E-state index is -0.466. The van der Waals surface area contributed by atoms with Crippen LogP contribution in [0, 0.1) is 0 Å². The van der Waals surface area contributed by atoms with Crippen LogP contribution < -0.4 is 10.1 Å². The number of hydrogen-bond donors (Lipinski definition) is 3. The molecule has 0 aromatic heterocycles. The van der Waals surface area contributed by atoms with Crippen molar-refractivity contribution in [3.05, 3.63) is 66.2 Å². The lowest BCUT2D eigenvalue weighted by molar-refractivity contribution is -0.111. The zero-order chi connectivity index (χ0) is 19.8. The summed E-state index contributed by atoms with van der Waals surface area (Å²) in [5, 5.41) is 22.0. The summed E-state index contributed by atoms with van der Waals surface area (Å²) >= 11 is 0. The summed E-state index contributed by atoms with van der Waals surface area (Å²) in [4.78, 5) is 25.7. The van der Waals surface area contributed by atoms with E-state index < -0.39 is 11.8 Å². The molecule has 0 atom stereocenters. The number of nitrogens with zero attached hydrogens (tertiary/aromatic N) is 1. The lowest BCUT2D eigenvalue weighted by Crippen LogP contribution is -2.33. The number of ether oxygens (including phenoxy) is 1. The molecule has 3 N–H and O–H groups in total. The summed E-state index contributed by atoms with van der Waals surface area (Å²) in [6.07, 6.45) is 1.11. The van der Waals surface area contributed by atoms with Crippen molar-refractivity contribution in [2.75, 3.05) is 25.6 Å². The van der Waals surface area contributed by atoms with Crippen LogP contribution in [0.5, 0.6) is 11.5 Å². The highest BCUT2D eigenvalue weighted by Gasteiger charge is 2.20. The van der Waals surface area contributed by atoms with Crippen molar-refractivity contribution in [1.82, 2.24) is 4.90 Å². The standard InChI is InChI=1S/C20H22N2O5/c1-3-19(25)21-15-6-9-18(24)17(12-15)20(26)22(10-11-23)13-14-4-7-16(27-2)8-5-14/h3-9,12,23-24H,1,10-11,13H2,2H3,(H,21,25). The van der Waals surface area contributed by atoms with Gasteiger partial charge in [0.1, 0.15) is 11.5 Å². The molecular formula is C20H22N2O5. The molecule has 0 saturated heterocycles. The molecule has 2 aromatic carbocycles. The van der Waals surface area contributed by atoms with Crippen molar-refractivity contribution in [3.8, 4) is 11.5 Å². The molecule has 0 aliphatic rings. The molecule has 0 spiro atoms. The summed E-state index contributed by atoms with van der Waals surface area (Å²) in [5.41, 5.74) is 1.22. The van der Waals surface area contributed by atoms with E-state index in [1.807, 2.05) is 12.1 Å². The van der Waals surface area contributed by atoms with Crippen molar-refractivity contribution >= 4 is 17.5 Å². The maximum absolute atomic E-state index is 12.9. The third-order valence-corrected chi connectivity index (χ3v) is 3.87. The molecule has 27 heavy (non-hydrogen) atoms. The van der Waals surface area contributed by atoms with Crippen LogP contribution in [0.4, 0.5) is 5.69 Å². The van der Waals surface area contributed by atoms with E-state index in [1.165, 1.54) is 23.1 Å². The van der Waals surface area contributed by atoms with Crippen LogP contribution in [0.1, 0.15) is 15.9 Å². The average molecular weight is 370 g/mol. The van der Waals surface area contributed by atoms with Crippen molar-refractivity contribution in [2.24, 2.45) is 0 Å². The van der Waals surface area contributed by atoms with Crippen molar-refractivity contribution in [3.63, 3.8) is 0 Å². The lowest BCUT2D eigenvalue weighted by Gasteiger charge is -2.23. The van der Waals surface area contributed by atoms with Crippen LogP contribution in [-0.2, 0) is 11.3 Å². The lowest BCUT2D eigenvalue weighted by atomic mass is 10.1. The van der Waals surface area contributed by atoms with E-state index in [-0.39, 0.29) is 31.0 Å². The zero-order valence-corrected chi connectivity index (χ0v) is 15.0. The zero-order valence-electron chi connectivity index (χ0n) is 15.0. The number of amides is 2. The number of carbonyl (C=O) groups is 2. The van der Waals surface area contributed by atoms with E-state index in [9.17, 15) is 19.8 Å². The Morgan fingerprint density at radius 2 is 1.93 bits per heavy atom. The molecule has 142 valence electrons.